The quantitative estimate of drug-likeness (QED) is 0.161. The van der Waals surface area contributed by atoms with E-state index in [1.54, 1.807) is 12.5 Å². The molecule has 0 heterocycles. The van der Waals surface area contributed by atoms with E-state index in [0.717, 1.165) is 70.9 Å². The fourth-order valence-electron chi connectivity index (χ4n) is 12.7. The van der Waals surface area contributed by atoms with Crippen LogP contribution >= 0.6 is 0 Å². The van der Waals surface area contributed by atoms with E-state index in [0.29, 0.717) is 19.0 Å². The Hall–Kier alpha value is -1.40. The summed E-state index contributed by atoms with van der Waals surface area (Å²) in [5, 5.41) is 6.74. The minimum Gasteiger partial charge on any atom is -0.462 e. The summed E-state index contributed by atoms with van der Waals surface area (Å²) >= 11 is 0. The highest BCUT2D eigenvalue weighted by atomic mass is 16.5. The maximum Gasteiger partial charge on any atom is 0.302 e. The number of nitrogens with two attached hydrogens (primary N) is 1. The molecule has 0 saturated heterocycles. The maximum absolute atomic E-state index is 14.4. The number of rotatable bonds is 7. The van der Waals surface area contributed by atoms with Gasteiger partial charge in [0.15, 0.2) is 0 Å². The van der Waals surface area contributed by atoms with Crippen LogP contribution in [0.15, 0.2) is 11.6 Å². The Morgan fingerprint density at radius 2 is 1.52 bits per heavy atom. The number of esters is 1. The van der Waals surface area contributed by atoms with Crippen LogP contribution in [0.2, 0.25) is 0 Å². The predicted octanol–water partition coefficient (Wildman–Crippen LogP) is 7.16. The Bertz CT molecular complexity index is 1190. The average molecular weight is 612 g/mol. The van der Waals surface area contributed by atoms with Gasteiger partial charge in [-0.15, -0.1) is 0 Å². The fraction of sp³-hybridized carbons (Fsp3) is 0.895. The second kappa shape index (κ2) is 10.8. The molecule has 5 aliphatic rings. The fourth-order valence-corrected chi connectivity index (χ4v) is 12.7. The van der Waals surface area contributed by atoms with E-state index in [2.05, 4.69) is 79.0 Å². The van der Waals surface area contributed by atoms with E-state index >= 15 is 0 Å². The lowest BCUT2D eigenvalue weighted by Gasteiger charge is -2.75. The van der Waals surface area contributed by atoms with Crippen LogP contribution in [0.1, 0.15) is 133 Å². The van der Waals surface area contributed by atoms with Gasteiger partial charge < -0.3 is 21.1 Å². The van der Waals surface area contributed by atoms with Crippen LogP contribution in [0.5, 0.6) is 0 Å². The van der Waals surface area contributed by atoms with Crippen molar-refractivity contribution in [2.75, 3.05) is 26.2 Å². The molecule has 6 heteroatoms. The summed E-state index contributed by atoms with van der Waals surface area (Å²) in [7, 11) is 0. The summed E-state index contributed by atoms with van der Waals surface area (Å²) in [4.78, 5) is 26.5. The van der Waals surface area contributed by atoms with Crippen molar-refractivity contribution in [2.45, 2.75) is 140 Å². The van der Waals surface area contributed by atoms with Crippen molar-refractivity contribution in [3.05, 3.63) is 11.6 Å². The monoisotopic (exact) mass is 612 g/mol. The lowest BCUT2D eigenvalue weighted by Crippen LogP contribution is -2.70. The van der Waals surface area contributed by atoms with Crippen molar-refractivity contribution in [3.63, 3.8) is 0 Å². The number of amides is 1. The van der Waals surface area contributed by atoms with Gasteiger partial charge in [-0.2, -0.15) is 0 Å². The van der Waals surface area contributed by atoms with Crippen molar-refractivity contribution in [3.8, 4) is 0 Å². The van der Waals surface area contributed by atoms with Crippen LogP contribution in [0, 0.1) is 49.2 Å². The maximum atomic E-state index is 14.4. The SMILES string of the molecule is CC(=O)O[C@H]1CC[C@]2(C)C3CC=C4[C@]5(C)CC(C)(C)CC[C@]5(C(=O)NCCNCCN)CC[C@@]4(C)[C@]3(C)CC[C@@]2(C)C1(C)C. The van der Waals surface area contributed by atoms with Crippen LogP contribution in [0.25, 0.3) is 0 Å². The summed E-state index contributed by atoms with van der Waals surface area (Å²) in [6, 6.07) is 0. The van der Waals surface area contributed by atoms with Gasteiger partial charge in [-0.05, 0) is 97.2 Å². The molecule has 0 aromatic carbocycles. The lowest BCUT2D eigenvalue weighted by molar-refractivity contribution is -0.256. The van der Waals surface area contributed by atoms with Crippen molar-refractivity contribution in [1.29, 1.82) is 0 Å². The smallest absolute Gasteiger partial charge is 0.302 e. The zero-order valence-corrected chi connectivity index (χ0v) is 29.9. The number of hydrogen-bond acceptors (Lipinski definition) is 5. The number of carbonyl (C=O) groups excluding carboxylic acids is 2. The van der Waals surface area contributed by atoms with Gasteiger partial charge in [-0.3, -0.25) is 9.59 Å². The van der Waals surface area contributed by atoms with Crippen LogP contribution < -0.4 is 16.4 Å². The Morgan fingerprint density at radius 3 is 2.18 bits per heavy atom. The molecule has 0 aliphatic heterocycles. The minimum atomic E-state index is -0.359. The van der Waals surface area contributed by atoms with Crippen molar-refractivity contribution >= 4 is 11.9 Å². The molecular weight excluding hydrogens is 546 g/mol. The molecule has 4 N–H and O–H groups in total. The standard InChI is InChI=1S/C38H65N3O3/c1-26(42)44-29-13-14-35(8)27-11-12-28-34(7,33(27,6)16-18-37(35,10)32(29,4)5)17-20-38(30(43)41-24-23-40-22-21-39)19-15-31(2,3)25-36(28,38)9/h12,27,29,40H,11,13-25,39H2,1-10H3,(H,41,43)/t27?,29-,33+,34+,35+,36-,37-,38+/m0/s1. The normalized spacial score (nSPS) is 45.5. The van der Waals surface area contributed by atoms with Gasteiger partial charge in [0.25, 0.3) is 0 Å². The Kier molecular flexibility index (Phi) is 8.35. The van der Waals surface area contributed by atoms with Crippen LogP contribution in [0.3, 0.4) is 0 Å². The molecule has 6 nitrogen and oxygen atoms in total. The molecule has 1 amide bonds. The van der Waals surface area contributed by atoms with Gasteiger partial charge in [0.1, 0.15) is 6.10 Å². The highest BCUT2D eigenvalue weighted by Crippen LogP contribution is 2.80. The number of nitrogens with one attached hydrogen (secondary N) is 2. The van der Waals surface area contributed by atoms with Gasteiger partial charge in [-0.25, -0.2) is 0 Å². The summed E-state index contributed by atoms with van der Waals surface area (Å²) in [5.41, 5.74) is 7.23. The molecule has 0 aromatic heterocycles. The molecule has 8 atom stereocenters. The number of fused-ring (bicyclic) bond motifs is 7. The highest BCUT2D eigenvalue weighted by molar-refractivity contribution is 5.85. The first kappa shape index (κ1) is 33.9. The molecule has 0 aromatic rings. The molecule has 4 fully saturated rings. The molecule has 5 aliphatic carbocycles. The largest absolute Gasteiger partial charge is 0.462 e. The number of hydrogen-bond donors (Lipinski definition) is 3. The summed E-state index contributed by atoms with van der Waals surface area (Å²) < 4.78 is 6.01. The second-order valence-corrected chi connectivity index (χ2v) is 18.3. The highest BCUT2D eigenvalue weighted by Gasteiger charge is 2.74. The average Bonchev–Trinajstić information content (AvgIpc) is 2.92. The summed E-state index contributed by atoms with van der Waals surface area (Å²) in [6.45, 7) is 26.8. The van der Waals surface area contributed by atoms with Crippen LogP contribution in [-0.2, 0) is 14.3 Å². The molecule has 5 rings (SSSR count). The van der Waals surface area contributed by atoms with E-state index in [-0.39, 0.29) is 61.3 Å². The number of allylic oxidation sites excluding steroid dienone is 2. The molecule has 44 heavy (non-hydrogen) atoms. The third-order valence-corrected chi connectivity index (χ3v) is 15.9. The van der Waals surface area contributed by atoms with Gasteiger partial charge in [0.05, 0.1) is 5.41 Å². The van der Waals surface area contributed by atoms with Crippen molar-refractivity contribution in [2.24, 2.45) is 55.0 Å². The van der Waals surface area contributed by atoms with Crippen molar-refractivity contribution < 1.29 is 14.3 Å². The molecule has 1 unspecified atom stereocenters. The van der Waals surface area contributed by atoms with E-state index in [4.69, 9.17) is 10.5 Å². The van der Waals surface area contributed by atoms with Crippen LogP contribution in [0.4, 0.5) is 0 Å². The second-order valence-electron chi connectivity index (χ2n) is 18.3. The Morgan fingerprint density at radius 1 is 0.841 bits per heavy atom. The molecule has 0 bridgehead atoms. The first-order valence-electron chi connectivity index (χ1n) is 17.9. The lowest BCUT2D eigenvalue weighted by atomic mass is 9.29. The summed E-state index contributed by atoms with van der Waals surface area (Å²) in [5.74, 6) is 0.670. The van der Waals surface area contributed by atoms with Crippen LogP contribution in [-0.4, -0.2) is 44.2 Å². The summed E-state index contributed by atoms with van der Waals surface area (Å²) in [6.07, 6.45) is 13.2. The molecule has 0 radical (unpaired) electrons. The topological polar surface area (TPSA) is 93.5 Å². The molecular formula is C38H65N3O3. The van der Waals surface area contributed by atoms with E-state index < -0.39 is 0 Å². The van der Waals surface area contributed by atoms with Gasteiger partial charge in [-0.1, -0.05) is 74.0 Å². The predicted molar refractivity (Wildman–Crippen MR) is 179 cm³/mol. The zero-order chi connectivity index (χ0) is 32.6. The molecule has 0 spiro atoms. The third-order valence-electron chi connectivity index (χ3n) is 15.9. The molecule has 4 saturated carbocycles. The van der Waals surface area contributed by atoms with E-state index in [1.807, 2.05) is 0 Å². The minimum absolute atomic E-state index is 0.0320. The van der Waals surface area contributed by atoms with Crippen molar-refractivity contribution in [1.82, 2.24) is 10.6 Å². The van der Waals surface area contributed by atoms with Gasteiger partial charge in [0, 0.05) is 43.9 Å². The number of carbonyl (C=O) groups is 2. The Labute approximate surface area is 268 Å². The zero-order valence-electron chi connectivity index (χ0n) is 29.9. The van der Waals surface area contributed by atoms with Gasteiger partial charge >= 0.3 is 5.97 Å². The third kappa shape index (κ3) is 4.45. The first-order valence-corrected chi connectivity index (χ1v) is 17.9. The van der Waals surface area contributed by atoms with E-state index in [1.165, 1.54) is 6.42 Å². The molecule has 250 valence electrons. The Balaban J connectivity index is 1.54. The first-order chi connectivity index (χ1) is 20.3. The van der Waals surface area contributed by atoms with E-state index in [9.17, 15) is 9.59 Å². The van der Waals surface area contributed by atoms with Gasteiger partial charge in [0.2, 0.25) is 5.91 Å². The number of ether oxygens (including phenoxy) is 1.